The van der Waals surface area contributed by atoms with Gasteiger partial charge in [-0.3, -0.25) is 0 Å². The highest BCUT2D eigenvalue weighted by Crippen LogP contribution is 2.32. The van der Waals surface area contributed by atoms with Crippen LogP contribution in [0.3, 0.4) is 0 Å². The maximum Gasteiger partial charge on any atom is 0.119 e. The molecule has 0 heterocycles. The second-order valence-corrected chi connectivity index (χ2v) is 4.86. The first kappa shape index (κ1) is 13.7. The van der Waals surface area contributed by atoms with Crippen LogP contribution in [0.4, 0.5) is 0 Å². The number of rotatable bonds is 4. The summed E-state index contributed by atoms with van der Waals surface area (Å²) >= 11 is 0. The van der Waals surface area contributed by atoms with E-state index in [1.807, 2.05) is 12.1 Å². The lowest BCUT2D eigenvalue weighted by Gasteiger charge is -2.14. The summed E-state index contributed by atoms with van der Waals surface area (Å²) in [6.45, 7) is 6.42. The molecular formula is C18H22O. The summed E-state index contributed by atoms with van der Waals surface area (Å²) in [5, 5.41) is 10.1. The lowest BCUT2D eigenvalue weighted by atomic mass is 9.91. The molecule has 1 nitrogen and oxygen atoms in total. The van der Waals surface area contributed by atoms with E-state index in [4.69, 9.17) is 0 Å². The second-order valence-electron chi connectivity index (χ2n) is 4.86. The molecule has 0 atom stereocenters. The number of phenols is 1. The molecule has 0 radical (unpaired) electrons. The first-order valence-electron chi connectivity index (χ1n) is 7.14. The fourth-order valence-corrected chi connectivity index (χ4v) is 2.63. The minimum atomic E-state index is 0.410. The van der Waals surface area contributed by atoms with Crippen LogP contribution in [0, 0.1) is 0 Å². The van der Waals surface area contributed by atoms with E-state index >= 15 is 0 Å². The Morgan fingerprint density at radius 1 is 0.789 bits per heavy atom. The van der Waals surface area contributed by atoms with Crippen molar-refractivity contribution in [3.8, 4) is 16.9 Å². The van der Waals surface area contributed by atoms with Crippen LogP contribution in [-0.2, 0) is 19.3 Å². The Morgan fingerprint density at radius 3 is 1.84 bits per heavy atom. The summed E-state index contributed by atoms with van der Waals surface area (Å²) in [7, 11) is 0. The zero-order chi connectivity index (χ0) is 13.8. The summed E-state index contributed by atoms with van der Waals surface area (Å²) in [6, 6.07) is 12.6. The molecule has 1 heteroatoms. The Morgan fingerprint density at radius 2 is 1.37 bits per heavy atom. The molecule has 0 aromatic heterocycles. The maximum atomic E-state index is 10.1. The third-order valence-corrected chi connectivity index (χ3v) is 3.75. The van der Waals surface area contributed by atoms with Gasteiger partial charge in [-0.2, -0.15) is 0 Å². The third-order valence-electron chi connectivity index (χ3n) is 3.75. The predicted molar refractivity (Wildman–Crippen MR) is 81.7 cm³/mol. The summed E-state index contributed by atoms with van der Waals surface area (Å²) in [6.07, 6.45) is 2.89. The number of hydrogen-bond acceptors (Lipinski definition) is 1. The van der Waals surface area contributed by atoms with E-state index in [-0.39, 0.29) is 0 Å². The van der Waals surface area contributed by atoms with Crippen molar-refractivity contribution in [2.24, 2.45) is 0 Å². The minimum Gasteiger partial charge on any atom is -0.508 e. The zero-order valence-electron chi connectivity index (χ0n) is 12.0. The van der Waals surface area contributed by atoms with E-state index in [0.717, 1.165) is 30.4 Å². The van der Waals surface area contributed by atoms with Gasteiger partial charge < -0.3 is 5.11 Å². The number of benzene rings is 2. The van der Waals surface area contributed by atoms with E-state index < -0.39 is 0 Å². The Bertz CT molecular complexity index is 548. The number of aromatic hydroxyl groups is 1. The fourth-order valence-electron chi connectivity index (χ4n) is 2.63. The Hall–Kier alpha value is -1.76. The van der Waals surface area contributed by atoms with Gasteiger partial charge in [-0.15, -0.1) is 0 Å². The molecule has 0 saturated heterocycles. The summed E-state index contributed by atoms with van der Waals surface area (Å²) in [4.78, 5) is 0. The van der Waals surface area contributed by atoms with Crippen molar-refractivity contribution in [1.82, 2.24) is 0 Å². The highest BCUT2D eigenvalue weighted by atomic mass is 16.3. The first-order valence-corrected chi connectivity index (χ1v) is 7.14. The van der Waals surface area contributed by atoms with Crippen molar-refractivity contribution in [2.45, 2.75) is 40.0 Å². The van der Waals surface area contributed by atoms with Crippen LogP contribution in [0.5, 0.6) is 5.75 Å². The highest BCUT2D eigenvalue weighted by molar-refractivity contribution is 5.73. The van der Waals surface area contributed by atoms with Crippen LogP contribution in [0.25, 0.3) is 11.1 Å². The summed E-state index contributed by atoms with van der Waals surface area (Å²) in [5.41, 5.74) is 6.14. The minimum absolute atomic E-state index is 0.410. The predicted octanol–water partition coefficient (Wildman–Crippen LogP) is 4.75. The molecule has 0 unspecified atom stereocenters. The molecule has 100 valence electrons. The molecule has 1 N–H and O–H groups in total. The first-order chi connectivity index (χ1) is 9.21. The van der Waals surface area contributed by atoms with Crippen molar-refractivity contribution in [2.75, 3.05) is 0 Å². The summed E-state index contributed by atoms with van der Waals surface area (Å²) in [5.74, 6) is 0.410. The van der Waals surface area contributed by atoms with Crippen molar-refractivity contribution >= 4 is 0 Å². The van der Waals surface area contributed by atoms with Gasteiger partial charge in [-0.05, 0) is 53.1 Å². The van der Waals surface area contributed by atoms with Gasteiger partial charge in [0.2, 0.25) is 0 Å². The maximum absolute atomic E-state index is 10.1. The molecule has 0 bridgehead atoms. The van der Waals surface area contributed by atoms with E-state index in [2.05, 4.69) is 45.0 Å². The number of phenolic OH excluding ortho intramolecular Hbond substituents is 1. The molecule has 0 aliphatic carbocycles. The largest absolute Gasteiger partial charge is 0.508 e. The molecular weight excluding hydrogens is 232 g/mol. The smallest absolute Gasteiger partial charge is 0.119 e. The molecule has 0 aliphatic rings. The molecule has 2 rings (SSSR count). The van der Waals surface area contributed by atoms with Gasteiger partial charge in [0.15, 0.2) is 0 Å². The Balaban J connectivity index is 2.60. The van der Waals surface area contributed by atoms with Crippen molar-refractivity contribution in [3.05, 3.63) is 53.1 Å². The van der Waals surface area contributed by atoms with E-state index in [9.17, 15) is 5.11 Å². The van der Waals surface area contributed by atoms with E-state index in [1.165, 1.54) is 16.7 Å². The average Bonchev–Trinajstić information content (AvgIpc) is 2.46. The molecule has 0 saturated carbocycles. The van der Waals surface area contributed by atoms with Crippen molar-refractivity contribution in [3.63, 3.8) is 0 Å². The van der Waals surface area contributed by atoms with Gasteiger partial charge in [0.25, 0.3) is 0 Å². The molecule has 0 spiro atoms. The highest BCUT2D eigenvalue weighted by Gasteiger charge is 2.10. The van der Waals surface area contributed by atoms with E-state index in [0.29, 0.717) is 5.75 Å². The fraction of sp³-hybridized carbons (Fsp3) is 0.333. The van der Waals surface area contributed by atoms with Crippen LogP contribution in [0.15, 0.2) is 36.4 Å². The van der Waals surface area contributed by atoms with Gasteiger partial charge in [-0.25, -0.2) is 0 Å². The topological polar surface area (TPSA) is 20.2 Å². The molecule has 2 aromatic carbocycles. The third kappa shape index (κ3) is 2.65. The van der Waals surface area contributed by atoms with Gasteiger partial charge in [-0.1, -0.05) is 51.1 Å². The van der Waals surface area contributed by atoms with Gasteiger partial charge in [0.05, 0.1) is 0 Å². The van der Waals surface area contributed by atoms with Gasteiger partial charge in [0.1, 0.15) is 5.75 Å². The summed E-state index contributed by atoms with van der Waals surface area (Å²) < 4.78 is 0. The van der Waals surface area contributed by atoms with Gasteiger partial charge in [0, 0.05) is 0 Å². The zero-order valence-corrected chi connectivity index (χ0v) is 12.0. The standard InChI is InChI=1S/C18H22O/c1-4-13-10-11-16(12-17(13)19)18-14(5-2)8-7-9-15(18)6-3/h7-12,19H,4-6H2,1-3H3. The monoisotopic (exact) mass is 254 g/mol. The van der Waals surface area contributed by atoms with Crippen LogP contribution < -0.4 is 0 Å². The lowest BCUT2D eigenvalue weighted by molar-refractivity contribution is 0.469. The average molecular weight is 254 g/mol. The molecule has 2 aromatic rings. The quantitative estimate of drug-likeness (QED) is 0.835. The Kier molecular flexibility index (Phi) is 4.26. The van der Waals surface area contributed by atoms with Crippen LogP contribution in [0.2, 0.25) is 0 Å². The number of hydrogen-bond donors (Lipinski definition) is 1. The number of aryl methyl sites for hydroxylation is 3. The SMILES string of the molecule is CCc1ccc(-c2c(CC)cccc2CC)cc1O. The van der Waals surface area contributed by atoms with Gasteiger partial charge >= 0.3 is 0 Å². The molecule has 0 aliphatic heterocycles. The van der Waals surface area contributed by atoms with Crippen molar-refractivity contribution < 1.29 is 5.11 Å². The lowest BCUT2D eigenvalue weighted by Crippen LogP contribution is -1.94. The van der Waals surface area contributed by atoms with Crippen LogP contribution in [0.1, 0.15) is 37.5 Å². The molecule has 0 amide bonds. The van der Waals surface area contributed by atoms with Crippen LogP contribution >= 0.6 is 0 Å². The molecule has 19 heavy (non-hydrogen) atoms. The van der Waals surface area contributed by atoms with Crippen LogP contribution in [-0.4, -0.2) is 5.11 Å². The molecule has 0 fully saturated rings. The normalized spacial score (nSPS) is 10.7. The van der Waals surface area contributed by atoms with Crippen molar-refractivity contribution in [1.29, 1.82) is 0 Å². The van der Waals surface area contributed by atoms with E-state index in [1.54, 1.807) is 0 Å². The second kappa shape index (κ2) is 5.92. The Labute approximate surface area is 115 Å².